The number of anilines is 1. The summed E-state index contributed by atoms with van der Waals surface area (Å²) in [5, 5.41) is 2.93. The van der Waals surface area contributed by atoms with Crippen molar-refractivity contribution in [2.75, 3.05) is 12.4 Å². The Labute approximate surface area is 76.1 Å². The molecule has 0 bridgehead atoms. The van der Waals surface area contributed by atoms with Crippen LogP contribution < -0.4 is 5.32 Å². The zero-order valence-electron chi connectivity index (χ0n) is 7.28. The Balaban J connectivity index is 2.36. The van der Waals surface area contributed by atoms with Crippen molar-refractivity contribution in [3.05, 3.63) is 30.7 Å². The summed E-state index contributed by atoms with van der Waals surface area (Å²) in [5.41, 5.74) is 2.08. The zero-order valence-corrected chi connectivity index (χ0v) is 7.28. The van der Waals surface area contributed by atoms with Crippen LogP contribution in [0, 0.1) is 0 Å². The number of nitrogens with one attached hydrogen (secondary N) is 2. The molecule has 13 heavy (non-hydrogen) atoms. The first kappa shape index (κ1) is 7.79. The predicted molar refractivity (Wildman–Crippen MR) is 51.4 cm³/mol. The topological polar surface area (TPSA) is 53.6 Å². The minimum atomic E-state index is 0.770. The molecule has 2 heterocycles. The van der Waals surface area contributed by atoms with E-state index in [9.17, 15) is 0 Å². The van der Waals surface area contributed by atoms with E-state index < -0.39 is 0 Å². The fraction of sp³-hybridized carbons (Fsp3) is 0.111. The average Bonchev–Trinajstić information content (AvgIpc) is 2.67. The van der Waals surface area contributed by atoms with Gasteiger partial charge in [0.2, 0.25) is 0 Å². The monoisotopic (exact) mass is 174 g/mol. The molecule has 0 amide bonds. The van der Waals surface area contributed by atoms with E-state index >= 15 is 0 Å². The van der Waals surface area contributed by atoms with E-state index in [0.29, 0.717) is 0 Å². The molecule has 0 saturated carbocycles. The second kappa shape index (κ2) is 3.26. The van der Waals surface area contributed by atoms with E-state index in [0.717, 1.165) is 17.2 Å². The van der Waals surface area contributed by atoms with Crippen LogP contribution in [0.4, 0.5) is 5.95 Å². The molecule has 2 aromatic rings. The molecule has 4 heteroatoms. The van der Waals surface area contributed by atoms with Crippen LogP contribution in [0.15, 0.2) is 30.7 Å². The predicted octanol–water partition coefficient (Wildman–Crippen LogP) is 1.51. The lowest BCUT2D eigenvalue weighted by Crippen LogP contribution is -1.88. The van der Waals surface area contributed by atoms with Gasteiger partial charge >= 0.3 is 0 Å². The van der Waals surface area contributed by atoms with Gasteiger partial charge in [-0.1, -0.05) is 0 Å². The Hall–Kier alpha value is -1.84. The summed E-state index contributed by atoms with van der Waals surface area (Å²) in [7, 11) is 1.83. The van der Waals surface area contributed by atoms with Crippen LogP contribution in [-0.2, 0) is 0 Å². The lowest BCUT2D eigenvalue weighted by molar-refractivity contribution is 1.26. The minimum Gasteiger partial charge on any atom is -0.359 e. The van der Waals surface area contributed by atoms with Crippen molar-refractivity contribution >= 4 is 5.95 Å². The van der Waals surface area contributed by atoms with E-state index in [1.807, 2.05) is 19.2 Å². The number of hydrogen-bond acceptors (Lipinski definition) is 3. The van der Waals surface area contributed by atoms with Crippen molar-refractivity contribution in [3.8, 4) is 11.3 Å². The molecule has 2 N–H and O–H groups in total. The van der Waals surface area contributed by atoms with Crippen LogP contribution in [-0.4, -0.2) is 22.0 Å². The van der Waals surface area contributed by atoms with E-state index in [2.05, 4.69) is 20.3 Å². The maximum atomic E-state index is 4.12. The summed E-state index contributed by atoms with van der Waals surface area (Å²) >= 11 is 0. The number of pyridine rings is 1. The number of imidazole rings is 1. The van der Waals surface area contributed by atoms with Gasteiger partial charge in [0.1, 0.15) is 0 Å². The van der Waals surface area contributed by atoms with Crippen LogP contribution in [0.5, 0.6) is 0 Å². The fourth-order valence-corrected chi connectivity index (χ4v) is 1.13. The fourth-order valence-electron chi connectivity index (χ4n) is 1.13. The summed E-state index contributed by atoms with van der Waals surface area (Å²) < 4.78 is 0. The van der Waals surface area contributed by atoms with Gasteiger partial charge in [0.25, 0.3) is 0 Å². The second-order valence-electron chi connectivity index (χ2n) is 2.63. The first-order valence-corrected chi connectivity index (χ1v) is 4.03. The van der Waals surface area contributed by atoms with Crippen LogP contribution in [0.1, 0.15) is 0 Å². The maximum Gasteiger partial charge on any atom is 0.200 e. The second-order valence-corrected chi connectivity index (χ2v) is 2.63. The van der Waals surface area contributed by atoms with Crippen LogP contribution in [0.2, 0.25) is 0 Å². The minimum absolute atomic E-state index is 0.770. The number of nitrogens with zero attached hydrogens (tertiary/aromatic N) is 2. The molecule has 0 radical (unpaired) electrons. The Morgan fingerprint density at radius 2 is 2.08 bits per heavy atom. The van der Waals surface area contributed by atoms with Crippen molar-refractivity contribution in [2.45, 2.75) is 0 Å². The average molecular weight is 174 g/mol. The Morgan fingerprint density at radius 3 is 2.69 bits per heavy atom. The van der Waals surface area contributed by atoms with Gasteiger partial charge in [0.15, 0.2) is 5.95 Å². The normalized spacial score (nSPS) is 9.92. The molecule has 66 valence electrons. The van der Waals surface area contributed by atoms with Gasteiger partial charge in [-0.05, 0) is 12.1 Å². The summed E-state index contributed by atoms with van der Waals surface area (Å²) in [4.78, 5) is 11.2. The largest absolute Gasteiger partial charge is 0.359 e. The van der Waals surface area contributed by atoms with Gasteiger partial charge in [-0.3, -0.25) is 4.98 Å². The lowest BCUT2D eigenvalue weighted by atomic mass is 10.2. The van der Waals surface area contributed by atoms with Gasteiger partial charge < -0.3 is 10.3 Å². The molecular formula is C9H10N4. The van der Waals surface area contributed by atoms with E-state index in [1.54, 1.807) is 18.6 Å². The smallest absolute Gasteiger partial charge is 0.200 e. The first-order chi connectivity index (χ1) is 6.40. The van der Waals surface area contributed by atoms with Gasteiger partial charge in [-0.25, -0.2) is 4.98 Å². The molecule has 0 aliphatic heterocycles. The molecule has 0 atom stereocenters. The third kappa shape index (κ3) is 1.51. The molecule has 0 aromatic carbocycles. The maximum absolute atomic E-state index is 4.12. The van der Waals surface area contributed by atoms with Gasteiger partial charge in [-0.15, -0.1) is 0 Å². The van der Waals surface area contributed by atoms with Crippen LogP contribution >= 0.6 is 0 Å². The molecule has 4 nitrogen and oxygen atoms in total. The summed E-state index contributed by atoms with van der Waals surface area (Å²) in [6.45, 7) is 0. The highest BCUT2D eigenvalue weighted by atomic mass is 15.1. The highest BCUT2D eigenvalue weighted by molar-refractivity contribution is 5.59. The molecule has 0 aliphatic rings. The molecule has 2 aromatic heterocycles. The molecule has 2 rings (SSSR count). The van der Waals surface area contributed by atoms with E-state index in [1.165, 1.54) is 0 Å². The standard InChI is InChI=1S/C9H10N4/c1-10-9-12-6-8(13-9)7-2-4-11-5-3-7/h2-6H,1H3,(H2,10,12,13). The summed E-state index contributed by atoms with van der Waals surface area (Å²) in [6.07, 6.45) is 5.31. The first-order valence-electron chi connectivity index (χ1n) is 4.03. The van der Waals surface area contributed by atoms with E-state index in [4.69, 9.17) is 0 Å². The Bertz CT molecular complexity index is 380. The third-order valence-corrected chi connectivity index (χ3v) is 1.80. The van der Waals surface area contributed by atoms with Crippen molar-refractivity contribution < 1.29 is 0 Å². The van der Waals surface area contributed by atoms with Crippen molar-refractivity contribution in [1.29, 1.82) is 0 Å². The zero-order chi connectivity index (χ0) is 9.10. The van der Waals surface area contributed by atoms with Crippen LogP contribution in [0.3, 0.4) is 0 Å². The van der Waals surface area contributed by atoms with Crippen molar-refractivity contribution in [1.82, 2.24) is 15.0 Å². The molecule has 0 unspecified atom stereocenters. The molecular weight excluding hydrogens is 164 g/mol. The Morgan fingerprint density at radius 1 is 1.31 bits per heavy atom. The van der Waals surface area contributed by atoms with Gasteiger partial charge in [0, 0.05) is 25.0 Å². The lowest BCUT2D eigenvalue weighted by Gasteiger charge is -1.94. The number of hydrogen-bond donors (Lipinski definition) is 2. The van der Waals surface area contributed by atoms with E-state index in [-0.39, 0.29) is 0 Å². The summed E-state index contributed by atoms with van der Waals surface area (Å²) in [6, 6.07) is 3.87. The highest BCUT2D eigenvalue weighted by Crippen LogP contribution is 2.16. The quantitative estimate of drug-likeness (QED) is 0.725. The van der Waals surface area contributed by atoms with Gasteiger partial charge in [0.05, 0.1) is 11.9 Å². The SMILES string of the molecule is CNc1ncc(-c2ccncc2)[nH]1. The number of rotatable bonds is 2. The highest BCUT2D eigenvalue weighted by Gasteiger charge is 1.99. The molecule has 0 spiro atoms. The molecule has 0 aliphatic carbocycles. The molecule has 0 saturated heterocycles. The molecule has 0 fully saturated rings. The van der Waals surface area contributed by atoms with Crippen LogP contribution in [0.25, 0.3) is 11.3 Å². The third-order valence-electron chi connectivity index (χ3n) is 1.80. The summed E-state index contributed by atoms with van der Waals surface area (Å²) in [5.74, 6) is 0.770. The van der Waals surface area contributed by atoms with Crippen molar-refractivity contribution in [3.63, 3.8) is 0 Å². The van der Waals surface area contributed by atoms with Gasteiger partial charge in [-0.2, -0.15) is 0 Å². The number of H-pyrrole nitrogens is 1. The number of aromatic amines is 1. The Kier molecular flexibility index (Phi) is 1.96. The van der Waals surface area contributed by atoms with Crippen molar-refractivity contribution in [2.24, 2.45) is 0 Å². The number of aromatic nitrogens is 3.